The van der Waals surface area contributed by atoms with Crippen LogP contribution in [0.3, 0.4) is 0 Å². The molecule has 154 valence electrons. The van der Waals surface area contributed by atoms with Gasteiger partial charge in [0.1, 0.15) is 0 Å². The van der Waals surface area contributed by atoms with Gasteiger partial charge in [-0.2, -0.15) is 4.31 Å². The maximum absolute atomic E-state index is 12.9. The third-order valence-electron chi connectivity index (χ3n) is 5.61. The third kappa shape index (κ3) is 5.34. The van der Waals surface area contributed by atoms with Gasteiger partial charge in [0.25, 0.3) is 0 Å². The molecule has 1 aliphatic heterocycles. The van der Waals surface area contributed by atoms with Crippen molar-refractivity contribution < 1.29 is 13.2 Å². The summed E-state index contributed by atoms with van der Waals surface area (Å²) in [5, 5.41) is 1.26. The van der Waals surface area contributed by atoms with E-state index in [9.17, 15) is 13.2 Å². The Kier molecular flexibility index (Phi) is 6.87. The van der Waals surface area contributed by atoms with Gasteiger partial charge in [-0.15, -0.1) is 0 Å². The minimum atomic E-state index is -3.48. The lowest BCUT2D eigenvalue weighted by Crippen LogP contribution is -2.43. The second-order valence-corrected chi connectivity index (χ2v) is 9.29. The summed E-state index contributed by atoms with van der Waals surface area (Å²) in [4.78, 5) is 14.7. The van der Waals surface area contributed by atoms with E-state index in [1.807, 2.05) is 74.6 Å². The summed E-state index contributed by atoms with van der Waals surface area (Å²) in [6, 6.07) is 19.3. The average molecular weight is 413 g/mol. The first-order valence-corrected chi connectivity index (χ1v) is 11.4. The van der Waals surface area contributed by atoms with E-state index in [2.05, 4.69) is 0 Å². The predicted octanol–water partition coefficient (Wildman–Crippen LogP) is 3.92. The van der Waals surface area contributed by atoms with Crippen LogP contribution in [0.25, 0.3) is 6.08 Å². The molecule has 3 rings (SSSR count). The first kappa shape index (κ1) is 21.3. The van der Waals surface area contributed by atoms with E-state index in [4.69, 9.17) is 0 Å². The van der Waals surface area contributed by atoms with Crippen LogP contribution in [-0.2, 0) is 14.8 Å². The van der Waals surface area contributed by atoms with Crippen LogP contribution in [0.2, 0.25) is 0 Å². The van der Waals surface area contributed by atoms with Crippen LogP contribution in [0.15, 0.2) is 66.1 Å². The Morgan fingerprint density at radius 3 is 2.17 bits per heavy atom. The Balaban J connectivity index is 1.58. The smallest absolute Gasteiger partial charge is 0.236 e. The van der Waals surface area contributed by atoms with Gasteiger partial charge in [0.05, 0.1) is 6.04 Å². The summed E-state index contributed by atoms with van der Waals surface area (Å²) in [7, 11) is -1.66. The number of sulfonamides is 1. The topological polar surface area (TPSA) is 57.7 Å². The van der Waals surface area contributed by atoms with Gasteiger partial charge >= 0.3 is 0 Å². The molecule has 0 N–H and O–H groups in total. The molecular weight excluding hydrogens is 384 g/mol. The highest BCUT2D eigenvalue weighted by Crippen LogP contribution is 2.26. The first-order valence-electron chi connectivity index (χ1n) is 9.93. The van der Waals surface area contributed by atoms with E-state index < -0.39 is 10.0 Å². The molecule has 1 atom stereocenters. The summed E-state index contributed by atoms with van der Waals surface area (Å²) in [5.41, 5.74) is 1.94. The number of amides is 1. The normalized spacial score (nSPS) is 17.3. The van der Waals surface area contributed by atoms with Crippen molar-refractivity contribution >= 4 is 22.0 Å². The monoisotopic (exact) mass is 412 g/mol. The van der Waals surface area contributed by atoms with Gasteiger partial charge in [-0.3, -0.25) is 4.79 Å². The molecule has 2 aromatic carbocycles. The van der Waals surface area contributed by atoms with Gasteiger partial charge in [0.2, 0.25) is 15.9 Å². The molecule has 1 aliphatic rings. The summed E-state index contributed by atoms with van der Waals surface area (Å²) in [5.74, 6) is -0.0612. The maximum atomic E-state index is 12.9. The van der Waals surface area contributed by atoms with E-state index in [1.165, 1.54) is 9.71 Å². The fourth-order valence-electron chi connectivity index (χ4n) is 3.61. The van der Waals surface area contributed by atoms with E-state index in [0.717, 1.165) is 11.1 Å². The van der Waals surface area contributed by atoms with E-state index in [0.29, 0.717) is 25.9 Å². The molecule has 0 saturated carbocycles. The number of nitrogens with zero attached hydrogens (tertiary/aromatic N) is 2. The highest BCUT2D eigenvalue weighted by atomic mass is 32.2. The molecule has 6 heteroatoms. The number of rotatable bonds is 6. The minimum absolute atomic E-state index is 0.0146. The Bertz CT molecular complexity index is 935. The van der Waals surface area contributed by atoms with E-state index in [-0.39, 0.29) is 17.9 Å². The van der Waals surface area contributed by atoms with Gasteiger partial charge in [0, 0.05) is 31.5 Å². The van der Waals surface area contributed by atoms with E-state index in [1.54, 1.807) is 11.0 Å². The number of carbonyl (C=O) groups excluding carboxylic acids is 1. The molecule has 0 radical (unpaired) electrons. The molecule has 1 heterocycles. The van der Waals surface area contributed by atoms with Crippen LogP contribution in [0, 0.1) is 5.92 Å². The maximum Gasteiger partial charge on any atom is 0.236 e. The Morgan fingerprint density at radius 2 is 1.59 bits per heavy atom. The largest absolute Gasteiger partial charge is 0.339 e. The Morgan fingerprint density at radius 1 is 1.03 bits per heavy atom. The molecular formula is C23H28N2O3S. The van der Waals surface area contributed by atoms with Crippen LogP contribution in [0.1, 0.15) is 36.9 Å². The van der Waals surface area contributed by atoms with Crippen molar-refractivity contribution in [2.24, 2.45) is 5.92 Å². The zero-order chi connectivity index (χ0) is 20.9. The van der Waals surface area contributed by atoms with Gasteiger partial charge in [-0.25, -0.2) is 8.42 Å². The highest BCUT2D eigenvalue weighted by Gasteiger charge is 2.32. The van der Waals surface area contributed by atoms with Gasteiger partial charge < -0.3 is 4.90 Å². The van der Waals surface area contributed by atoms with Crippen LogP contribution < -0.4 is 0 Å². The zero-order valence-corrected chi connectivity index (χ0v) is 17.8. The van der Waals surface area contributed by atoms with E-state index >= 15 is 0 Å². The van der Waals surface area contributed by atoms with Crippen molar-refractivity contribution in [3.63, 3.8) is 0 Å². The predicted molar refractivity (Wildman–Crippen MR) is 116 cm³/mol. The second kappa shape index (κ2) is 9.37. The van der Waals surface area contributed by atoms with Crippen LogP contribution in [0.5, 0.6) is 0 Å². The first-order chi connectivity index (χ1) is 13.9. The zero-order valence-electron chi connectivity index (χ0n) is 16.9. The lowest BCUT2D eigenvalue weighted by Gasteiger charge is -2.34. The number of benzene rings is 2. The summed E-state index contributed by atoms with van der Waals surface area (Å²) in [6.07, 6.45) is 2.70. The fraction of sp³-hybridized carbons (Fsp3) is 0.348. The molecule has 1 amide bonds. The minimum Gasteiger partial charge on any atom is -0.339 e. The summed E-state index contributed by atoms with van der Waals surface area (Å²) in [6.45, 7) is 2.75. The molecule has 29 heavy (non-hydrogen) atoms. The van der Waals surface area contributed by atoms with Crippen molar-refractivity contribution in [2.75, 3.05) is 20.1 Å². The van der Waals surface area contributed by atoms with Crippen molar-refractivity contribution in [1.82, 2.24) is 9.21 Å². The SMILES string of the molecule is C[C@@H](c1ccccc1)N(C)C(=O)C1CCN(S(=O)(=O)/C=C/c2ccccc2)CC1. The van der Waals surface area contributed by atoms with Gasteiger partial charge in [-0.1, -0.05) is 60.7 Å². The molecule has 0 aliphatic carbocycles. The molecule has 5 nitrogen and oxygen atoms in total. The number of piperidine rings is 1. The van der Waals surface area contributed by atoms with Crippen LogP contribution >= 0.6 is 0 Å². The second-order valence-electron chi connectivity index (χ2n) is 7.47. The lowest BCUT2D eigenvalue weighted by molar-refractivity contribution is -0.137. The third-order valence-corrected chi connectivity index (χ3v) is 7.17. The molecule has 0 bridgehead atoms. The average Bonchev–Trinajstić information content (AvgIpc) is 2.77. The molecule has 1 fully saturated rings. The Hall–Kier alpha value is -2.44. The van der Waals surface area contributed by atoms with Gasteiger partial charge in [-0.05, 0) is 37.0 Å². The van der Waals surface area contributed by atoms with Crippen LogP contribution in [-0.4, -0.2) is 43.7 Å². The van der Waals surface area contributed by atoms with Crippen LogP contribution in [0.4, 0.5) is 0 Å². The number of hydrogen-bond acceptors (Lipinski definition) is 3. The van der Waals surface area contributed by atoms with Gasteiger partial charge in [0.15, 0.2) is 0 Å². The molecule has 0 unspecified atom stereocenters. The van der Waals surface area contributed by atoms with Crippen molar-refractivity contribution in [2.45, 2.75) is 25.8 Å². The lowest BCUT2D eigenvalue weighted by atomic mass is 9.95. The Labute approximate surface area is 173 Å². The molecule has 2 aromatic rings. The fourth-order valence-corrected chi connectivity index (χ4v) is 4.83. The quantitative estimate of drug-likeness (QED) is 0.723. The molecule has 0 aromatic heterocycles. The molecule has 1 saturated heterocycles. The van der Waals surface area contributed by atoms with Crippen molar-refractivity contribution in [1.29, 1.82) is 0 Å². The number of hydrogen-bond donors (Lipinski definition) is 0. The summed E-state index contributed by atoms with van der Waals surface area (Å²) < 4.78 is 26.7. The van der Waals surface area contributed by atoms with Crippen molar-refractivity contribution in [3.05, 3.63) is 77.2 Å². The number of carbonyl (C=O) groups is 1. The molecule has 0 spiro atoms. The highest BCUT2D eigenvalue weighted by molar-refractivity contribution is 7.92. The van der Waals surface area contributed by atoms with Crippen molar-refractivity contribution in [3.8, 4) is 0 Å². The summed E-state index contributed by atoms with van der Waals surface area (Å²) >= 11 is 0. The standard InChI is InChI=1S/C23H28N2O3S/c1-19(21-11-7-4-8-12-21)24(2)23(26)22-13-16-25(17-14-22)29(27,28)18-15-20-9-5-3-6-10-20/h3-12,15,18-19,22H,13-14,16-17H2,1-2H3/b18-15+/t19-/m0/s1.